The zero-order chi connectivity index (χ0) is 20.3. The minimum Gasteiger partial charge on any atom is -0.452 e. The molecule has 4 bridgehead atoms. The molecule has 4 aliphatic rings. The standard InChI is InChI=1S/C24H34N2O3/c1-2-3-8-25-21-7-5-4-6-20(21)23(28)29-15-22(27)26-16-24-12-17-9-18(13-24)11-19(10-17)14-24/h4-7,17-19,25H,2-3,8-16H2,1H3,(H,26,27). The Hall–Kier alpha value is -2.04. The van der Waals surface area contributed by atoms with Crippen molar-refractivity contribution in [2.45, 2.75) is 58.3 Å². The number of rotatable bonds is 9. The highest BCUT2D eigenvalue weighted by Gasteiger charge is 2.50. The number of ether oxygens (including phenoxy) is 1. The van der Waals surface area contributed by atoms with Gasteiger partial charge in [-0.15, -0.1) is 0 Å². The van der Waals surface area contributed by atoms with E-state index in [1.165, 1.54) is 38.5 Å². The van der Waals surface area contributed by atoms with E-state index in [-0.39, 0.29) is 12.5 Å². The third-order valence-corrected chi connectivity index (χ3v) is 7.15. The van der Waals surface area contributed by atoms with Gasteiger partial charge in [-0.3, -0.25) is 4.79 Å². The Morgan fingerprint density at radius 2 is 1.72 bits per heavy atom. The lowest BCUT2D eigenvalue weighted by Crippen LogP contribution is -2.51. The van der Waals surface area contributed by atoms with E-state index in [0.717, 1.165) is 49.4 Å². The van der Waals surface area contributed by atoms with E-state index in [1.54, 1.807) is 6.07 Å². The minimum atomic E-state index is -0.449. The summed E-state index contributed by atoms with van der Waals surface area (Å²) in [6.45, 7) is 3.47. The van der Waals surface area contributed by atoms with Crippen LogP contribution in [0.3, 0.4) is 0 Å². The molecule has 5 rings (SSSR count). The largest absolute Gasteiger partial charge is 0.452 e. The van der Waals surface area contributed by atoms with Crippen molar-refractivity contribution in [1.29, 1.82) is 0 Å². The Kier molecular flexibility index (Phi) is 6.12. The second kappa shape index (κ2) is 8.76. The Morgan fingerprint density at radius 3 is 2.38 bits per heavy atom. The van der Waals surface area contributed by atoms with Crippen LogP contribution in [0.5, 0.6) is 0 Å². The van der Waals surface area contributed by atoms with Crippen LogP contribution in [0.15, 0.2) is 24.3 Å². The molecule has 0 radical (unpaired) electrons. The fourth-order valence-corrected chi connectivity index (χ4v) is 6.27. The van der Waals surface area contributed by atoms with Crippen molar-refractivity contribution in [2.24, 2.45) is 23.2 Å². The summed E-state index contributed by atoms with van der Waals surface area (Å²) in [5, 5.41) is 6.35. The minimum absolute atomic E-state index is 0.189. The fraction of sp³-hybridized carbons (Fsp3) is 0.667. The van der Waals surface area contributed by atoms with Crippen LogP contribution in [0.4, 0.5) is 5.69 Å². The van der Waals surface area contributed by atoms with Crippen LogP contribution < -0.4 is 10.6 Å². The smallest absolute Gasteiger partial charge is 0.340 e. The molecule has 0 saturated heterocycles. The van der Waals surface area contributed by atoms with Crippen LogP contribution in [0, 0.1) is 23.2 Å². The first-order chi connectivity index (χ1) is 14.1. The zero-order valence-corrected chi connectivity index (χ0v) is 17.5. The predicted octanol–water partition coefficient (Wildman–Crippen LogP) is 4.39. The molecule has 0 aliphatic heterocycles. The number of carbonyl (C=O) groups excluding carboxylic acids is 2. The normalized spacial score (nSPS) is 29.5. The molecular weight excluding hydrogens is 364 g/mol. The molecule has 4 aliphatic carbocycles. The highest BCUT2D eigenvalue weighted by atomic mass is 16.5. The Labute approximate surface area is 174 Å². The predicted molar refractivity (Wildman–Crippen MR) is 114 cm³/mol. The summed E-state index contributed by atoms with van der Waals surface area (Å²) in [5.41, 5.74) is 1.54. The first-order valence-corrected chi connectivity index (χ1v) is 11.3. The van der Waals surface area contributed by atoms with Crippen molar-refractivity contribution in [3.05, 3.63) is 29.8 Å². The quantitative estimate of drug-likeness (QED) is 0.478. The summed E-state index contributed by atoms with van der Waals surface area (Å²) in [5.74, 6) is 1.97. The van der Waals surface area contributed by atoms with Gasteiger partial charge in [0.25, 0.3) is 5.91 Å². The molecule has 2 N–H and O–H groups in total. The molecule has 1 aromatic carbocycles. The number of para-hydroxylation sites is 1. The van der Waals surface area contributed by atoms with Crippen LogP contribution in [-0.4, -0.2) is 31.6 Å². The molecule has 1 aromatic rings. The number of hydrogen-bond acceptors (Lipinski definition) is 4. The number of carbonyl (C=O) groups is 2. The molecule has 0 spiro atoms. The summed E-state index contributed by atoms with van der Waals surface area (Å²) >= 11 is 0. The molecule has 29 heavy (non-hydrogen) atoms. The van der Waals surface area contributed by atoms with E-state index in [0.29, 0.717) is 11.0 Å². The van der Waals surface area contributed by atoms with Crippen molar-refractivity contribution >= 4 is 17.6 Å². The van der Waals surface area contributed by atoms with E-state index < -0.39 is 5.97 Å². The molecule has 0 aromatic heterocycles. The topological polar surface area (TPSA) is 67.4 Å². The van der Waals surface area contributed by atoms with Gasteiger partial charge >= 0.3 is 5.97 Å². The third kappa shape index (κ3) is 4.76. The van der Waals surface area contributed by atoms with Crippen LogP contribution >= 0.6 is 0 Å². The van der Waals surface area contributed by atoms with Gasteiger partial charge in [0.05, 0.1) is 5.56 Å². The molecule has 5 nitrogen and oxygen atoms in total. The van der Waals surface area contributed by atoms with Crippen molar-refractivity contribution in [3.63, 3.8) is 0 Å². The molecule has 4 saturated carbocycles. The maximum absolute atomic E-state index is 12.5. The van der Waals surface area contributed by atoms with Gasteiger partial charge in [0.1, 0.15) is 0 Å². The van der Waals surface area contributed by atoms with E-state index in [2.05, 4.69) is 17.6 Å². The molecule has 4 fully saturated rings. The van der Waals surface area contributed by atoms with Crippen molar-refractivity contribution < 1.29 is 14.3 Å². The molecule has 1 amide bonds. The van der Waals surface area contributed by atoms with Gasteiger partial charge in [-0.1, -0.05) is 25.5 Å². The van der Waals surface area contributed by atoms with Gasteiger partial charge in [-0.2, -0.15) is 0 Å². The van der Waals surface area contributed by atoms with Crippen molar-refractivity contribution in [2.75, 3.05) is 25.0 Å². The maximum Gasteiger partial charge on any atom is 0.340 e. The average Bonchev–Trinajstić information content (AvgIpc) is 2.70. The second-order valence-electron chi connectivity index (χ2n) is 9.60. The fourth-order valence-electron chi connectivity index (χ4n) is 6.27. The summed E-state index contributed by atoms with van der Waals surface area (Å²) < 4.78 is 5.32. The van der Waals surface area contributed by atoms with Gasteiger partial charge in [0.2, 0.25) is 0 Å². The molecule has 0 atom stereocenters. The van der Waals surface area contributed by atoms with E-state index in [1.807, 2.05) is 18.2 Å². The van der Waals surface area contributed by atoms with Gasteiger partial charge < -0.3 is 15.4 Å². The van der Waals surface area contributed by atoms with Gasteiger partial charge in [-0.25, -0.2) is 4.79 Å². The molecule has 5 heteroatoms. The van der Waals surface area contributed by atoms with Crippen LogP contribution in [0.2, 0.25) is 0 Å². The molecule has 0 unspecified atom stereocenters. The number of amides is 1. The number of unbranched alkanes of at least 4 members (excludes halogenated alkanes) is 1. The van der Waals surface area contributed by atoms with Crippen molar-refractivity contribution in [1.82, 2.24) is 5.32 Å². The van der Waals surface area contributed by atoms with E-state index >= 15 is 0 Å². The summed E-state index contributed by atoms with van der Waals surface area (Å²) in [7, 11) is 0. The summed E-state index contributed by atoms with van der Waals surface area (Å²) in [4.78, 5) is 24.9. The highest BCUT2D eigenvalue weighted by Crippen LogP contribution is 2.59. The van der Waals surface area contributed by atoms with E-state index in [9.17, 15) is 9.59 Å². The summed E-state index contributed by atoms with van der Waals surface area (Å²) in [6, 6.07) is 7.32. The Morgan fingerprint density at radius 1 is 1.07 bits per heavy atom. The zero-order valence-electron chi connectivity index (χ0n) is 17.5. The number of benzene rings is 1. The lowest BCUT2D eigenvalue weighted by Gasteiger charge is -2.56. The van der Waals surface area contributed by atoms with Crippen molar-refractivity contribution in [3.8, 4) is 0 Å². The van der Waals surface area contributed by atoms with Crippen LogP contribution in [0.1, 0.15) is 68.6 Å². The third-order valence-electron chi connectivity index (χ3n) is 7.15. The maximum atomic E-state index is 12.5. The molecule has 158 valence electrons. The first-order valence-electron chi connectivity index (χ1n) is 11.3. The van der Waals surface area contributed by atoms with E-state index in [4.69, 9.17) is 4.74 Å². The number of hydrogen-bond donors (Lipinski definition) is 2. The number of nitrogens with one attached hydrogen (secondary N) is 2. The second-order valence-corrected chi connectivity index (χ2v) is 9.60. The van der Waals surface area contributed by atoms with Gasteiger partial charge in [0.15, 0.2) is 6.61 Å². The first kappa shape index (κ1) is 20.2. The molecular formula is C24H34N2O3. The lowest BCUT2D eigenvalue weighted by atomic mass is 9.49. The van der Waals surface area contributed by atoms with Crippen LogP contribution in [0.25, 0.3) is 0 Å². The number of esters is 1. The van der Waals surface area contributed by atoms with Gasteiger partial charge in [0, 0.05) is 18.8 Å². The Balaban J connectivity index is 1.25. The lowest BCUT2D eigenvalue weighted by molar-refractivity contribution is -0.126. The monoisotopic (exact) mass is 398 g/mol. The average molecular weight is 399 g/mol. The highest BCUT2D eigenvalue weighted by molar-refractivity contribution is 5.96. The molecule has 0 heterocycles. The number of anilines is 1. The van der Waals surface area contributed by atoms with Gasteiger partial charge in [-0.05, 0) is 80.2 Å². The van der Waals surface area contributed by atoms with Crippen LogP contribution in [-0.2, 0) is 9.53 Å². The Bertz CT molecular complexity index is 710. The SMILES string of the molecule is CCCCNc1ccccc1C(=O)OCC(=O)NCC12CC3CC(CC(C3)C1)C2. The summed E-state index contributed by atoms with van der Waals surface area (Å²) in [6.07, 6.45) is 10.1.